The van der Waals surface area contributed by atoms with Crippen molar-refractivity contribution >= 4 is 11.9 Å². The Kier molecular flexibility index (Phi) is 5.58. The fourth-order valence-electron chi connectivity index (χ4n) is 2.37. The van der Waals surface area contributed by atoms with Crippen LogP contribution in [0.5, 0.6) is 5.75 Å². The number of carbonyl (C=O) groups is 2. The Morgan fingerprint density at radius 1 is 1.39 bits per heavy atom. The number of hydrogen-bond donors (Lipinski definition) is 1. The fraction of sp³-hybridized carbons (Fsp3) is 0.529. The molecule has 0 saturated heterocycles. The molecule has 0 spiro atoms. The Hall–Kier alpha value is -2.11. The molecule has 0 radical (unpaired) electrons. The van der Waals surface area contributed by atoms with E-state index in [2.05, 4.69) is 0 Å². The highest BCUT2D eigenvalue weighted by atomic mass is 19.1. The molecule has 1 N–H and O–H groups in total. The number of amides is 1. The Balaban J connectivity index is 2.10. The SMILES string of the molecule is CCC(Oc1ccccc1F)C(=O)N(CC(C)C(=O)O)C1CC1. The van der Waals surface area contributed by atoms with E-state index < -0.39 is 23.8 Å². The summed E-state index contributed by atoms with van der Waals surface area (Å²) in [6.45, 7) is 3.51. The quantitative estimate of drug-likeness (QED) is 0.799. The Bertz CT molecular complexity index is 573. The fourth-order valence-corrected chi connectivity index (χ4v) is 2.37. The Morgan fingerprint density at radius 3 is 2.57 bits per heavy atom. The number of hydrogen-bond acceptors (Lipinski definition) is 3. The van der Waals surface area contributed by atoms with Crippen LogP contribution in [0.4, 0.5) is 4.39 Å². The lowest BCUT2D eigenvalue weighted by Gasteiger charge is -2.28. The first-order valence-corrected chi connectivity index (χ1v) is 7.88. The van der Waals surface area contributed by atoms with E-state index in [1.165, 1.54) is 12.1 Å². The van der Waals surface area contributed by atoms with Gasteiger partial charge in [-0.05, 0) is 31.4 Å². The molecule has 0 heterocycles. The summed E-state index contributed by atoms with van der Waals surface area (Å²) < 4.78 is 19.3. The van der Waals surface area contributed by atoms with Crippen LogP contribution in [0.15, 0.2) is 24.3 Å². The van der Waals surface area contributed by atoms with Crippen LogP contribution in [-0.2, 0) is 9.59 Å². The molecule has 1 saturated carbocycles. The van der Waals surface area contributed by atoms with Gasteiger partial charge in [-0.2, -0.15) is 0 Å². The summed E-state index contributed by atoms with van der Waals surface area (Å²) in [6, 6.07) is 6.02. The van der Waals surface area contributed by atoms with E-state index in [0.717, 1.165) is 12.8 Å². The van der Waals surface area contributed by atoms with Gasteiger partial charge in [-0.1, -0.05) is 26.0 Å². The van der Waals surface area contributed by atoms with E-state index in [1.54, 1.807) is 30.9 Å². The van der Waals surface area contributed by atoms with Crippen LogP contribution in [0, 0.1) is 11.7 Å². The largest absolute Gasteiger partial charge is 0.481 e. The molecule has 2 unspecified atom stereocenters. The molecule has 0 bridgehead atoms. The van der Waals surface area contributed by atoms with Crippen molar-refractivity contribution in [2.75, 3.05) is 6.54 Å². The molecule has 1 aromatic rings. The number of benzene rings is 1. The predicted octanol–water partition coefficient (Wildman–Crippen LogP) is 2.69. The molecule has 1 aliphatic rings. The van der Waals surface area contributed by atoms with Gasteiger partial charge in [0.15, 0.2) is 17.7 Å². The highest BCUT2D eigenvalue weighted by molar-refractivity contribution is 5.82. The molecular formula is C17H22FNO4. The molecule has 0 aromatic heterocycles. The van der Waals surface area contributed by atoms with Gasteiger partial charge in [0.2, 0.25) is 0 Å². The smallest absolute Gasteiger partial charge is 0.308 e. The van der Waals surface area contributed by atoms with E-state index in [-0.39, 0.29) is 24.2 Å². The molecule has 1 aromatic carbocycles. The lowest BCUT2D eigenvalue weighted by atomic mass is 10.1. The van der Waals surface area contributed by atoms with Crippen LogP contribution in [-0.4, -0.2) is 40.6 Å². The number of nitrogens with zero attached hydrogens (tertiary/aromatic N) is 1. The maximum absolute atomic E-state index is 13.7. The monoisotopic (exact) mass is 323 g/mol. The number of carboxylic acid groups (broad SMARTS) is 1. The number of carbonyl (C=O) groups excluding carboxylic acids is 1. The lowest BCUT2D eigenvalue weighted by Crippen LogP contribution is -2.46. The van der Waals surface area contributed by atoms with Crippen molar-refractivity contribution in [1.29, 1.82) is 0 Å². The first kappa shape index (κ1) is 17.2. The maximum atomic E-state index is 13.7. The summed E-state index contributed by atoms with van der Waals surface area (Å²) in [7, 11) is 0. The third kappa shape index (κ3) is 4.43. The van der Waals surface area contributed by atoms with Crippen molar-refractivity contribution in [3.63, 3.8) is 0 Å². The van der Waals surface area contributed by atoms with Crippen LogP contribution in [0.3, 0.4) is 0 Å². The molecule has 1 amide bonds. The molecule has 126 valence electrons. The summed E-state index contributed by atoms with van der Waals surface area (Å²) in [4.78, 5) is 25.3. The second-order valence-corrected chi connectivity index (χ2v) is 5.91. The van der Waals surface area contributed by atoms with Crippen LogP contribution in [0.2, 0.25) is 0 Å². The van der Waals surface area contributed by atoms with Crippen LogP contribution in [0.25, 0.3) is 0 Å². The maximum Gasteiger partial charge on any atom is 0.308 e. The zero-order chi connectivity index (χ0) is 17.0. The average Bonchev–Trinajstić information content (AvgIpc) is 3.35. The number of halogens is 1. The Morgan fingerprint density at radius 2 is 2.04 bits per heavy atom. The van der Waals surface area contributed by atoms with Crippen LogP contribution < -0.4 is 4.74 Å². The molecule has 2 atom stereocenters. The number of ether oxygens (including phenoxy) is 1. The highest BCUT2D eigenvalue weighted by Gasteiger charge is 2.37. The van der Waals surface area contributed by atoms with Gasteiger partial charge in [0, 0.05) is 12.6 Å². The molecule has 2 rings (SSSR count). The average molecular weight is 323 g/mol. The minimum Gasteiger partial charge on any atom is -0.481 e. The summed E-state index contributed by atoms with van der Waals surface area (Å²) in [5, 5.41) is 9.06. The minimum absolute atomic E-state index is 0.0368. The van der Waals surface area contributed by atoms with E-state index in [9.17, 15) is 14.0 Å². The lowest BCUT2D eigenvalue weighted by molar-refractivity contribution is -0.145. The molecular weight excluding hydrogens is 301 g/mol. The van der Waals surface area contributed by atoms with Gasteiger partial charge in [0.25, 0.3) is 5.91 Å². The summed E-state index contributed by atoms with van der Waals surface area (Å²) >= 11 is 0. The third-order valence-electron chi connectivity index (χ3n) is 3.91. The van der Waals surface area contributed by atoms with Crippen molar-refractivity contribution in [1.82, 2.24) is 4.90 Å². The molecule has 0 aliphatic heterocycles. The third-order valence-corrected chi connectivity index (χ3v) is 3.91. The van der Waals surface area contributed by atoms with Crippen molar-refractivity contribution in [3.8, 4) is 5.75 Å². The number of para-hydroxylation sites is 1. The predicted molar refractivity (Wildman–Crippen MR) is 82.6 cm³/mol. The van der Waals surface area contributed by atoms with Gasteiger partial charge >= 0.3 is 5.97 Å². The van der Waals surface area contributed by atoms with Gasteiger partial charge in [-0.25, -0.2) is 4.39 Å². The van der Waals surface area contributed by atoms with E-state index in [0.29, 0.717) is 6.42 Å². The second-order valence-electron chi connectivity index (χ2n) is 5.91. The topological polar surface area (TPSA) is 66.8 Å². The number of rotatable bonds is 8. The molecule has 23 heavy (non-hydrogen) atoms. The zero-order valence-corrected chi connectivity index (χ0v) is 13.4. The number of aliphatic carboxylic acids is 1. The summed E-state index contributed by atoms with van der Waals surface area (Å²) in [6.07, 6.45) is 1.31. The highest BCUT2D eigenvalue weighted by Crippen LogP contribution is 2.29. The van der Waals surface area contributed by atoms with Gasteiger partial charge in [0.05, 0.1) is 5.92 Å². The van der Waals surface area contributed by atoms with E-state index in [1.807, 2.05) is 0 Å². The van der Waals surface area contributed by atoms with E-state index in [4.69, 9.17) is 9.84 Å². The zero-order valence-electron chi connectivity index (χ0n) is 13.4. The first-order valence-electron chi connectivity index (χ1n) is 7.88. The van der Waals surface area contributed by atoms with Crippen LogP contribution >= 0.6 is 0 Å². The van der Waals surface area contributed by atoms with E-state index >= 15 is 0 Å². The molecule has 1 aliphatic carbocycles. The van der Waals surface area contributed by atoms with Crippen molar-refractivity contribution in [3.05, 3.63) is 30.1 Å². The number of carboxylic acids is 1. The summed E-state index contributed by atoms with van der Waals surface area (Å²) in [5.74, 6) is -2.34. The second kappa shape index (κ2) is 7.44. The van der Waals surface area contributed by atoms with Crippen molar-refractivity contribution in [2.24, 2.45) is 5.92 Å². The molecule has 6 heteroatoms. The van der Waals surface area contributed by atoms with Gasteiger partial charge in [0.1, 0.15) is 0 Å². The first-order chi connectivity index (χ1) is 10.9. The van der Waals surface area contributed by atoms with Gasteiger partial charge < -0.3 is 14.7 Å². The van der Waals surface area contributed by atoms with Crippen molar-refractivity contribution in [2.45, 2.75) is 45.3 Å². The molecule has 5 nitrogen and oxygen atoms in total. The van der Waals surface area contributed by atoms with Gasteiger partial charge in [-0.15, -0.1) is 0 Å². The summed E-state index contributed by atoms with van der Waals surface area (Å²) in [5.41, 5.74) is 0. The van der Waals surface area contributed by atoms with Gasteiger partial charge in [-0.3, -0.25) is 9.59 Å². The molecule has 1 fully saturated rings. The normalized spacial score (nSPS) is 16.5. The Labute approximate surface area is 135 Å². The minimum atomic E-state index is -0.938. The standard InChI is InChI=1S/C17H22FNO4/c1-3-14(23-15-7-5-4-6-13(15)18)16(20)19(12-8-9-12)10-11(2)17(21)22/h4-7,11-12,14H,3,8-10H2,1-2H3,(H,21,22). The van der Waals surface area contributed by atoms with Crippen molar-refractivity contribution < 1.29 is 23.8 Å². The van der Waals surface area contributed by atoms with Crippen LogP contribution in [0.1, 0.15) is 33.1 Å².